The molecule has 0 spiro atoms. The van der Waals surface area contributed by atoms with Crippen LogP contribution in [0.25, 0.3) is 11.6 Å². The van der Waals surface area contributed by atoms with Crippen LogP contribution < -0.4 is 0 Å². The first-order chi connectivity index (χ1) is 12.5. The molecule has 136 valence electrons. The number of aromatic nitrogens is 3. The molecule has 1 N–H and O–H groups in total. The minimum atomic E-state index is -1.19. The molecule has 0 fully saturated rings. The van der Waals surface area contributed by atoms with E-state index in [0.29, 0.717) is 23.3 Å². The summed E-state index contributed by atoms with van der Waals surface area (Å²) in [6, 6.07) is 5.22. The van der Waals surface area contributed by atoms with Crippen LogP contribution in [0, 0.1) is 22.7 Å². The first-order valence-corrected chi connectivity index (χ1v) is 8.69. The van der Waals surface area contributed by atoms with Gasteiger partial charge in [-0.15, -0.1) is 10.2 Å². The van der Waals surface area contributed by atoms with Gasteiger partial charge in [-0.25, -0.2) is 0 Å². The summed E-state index contributed by atoms with van der Waals surface area (Å²) in [5.74, 6) is -1.35. The number of carbonyl (C=O) groups excluding carboxylic acids is 2. The van der Waals surface area contributed by atoms with Crippen molar-refractivity contribution in [2.75, 3.05) is 12.4 Å². The van der Waals surface area contributed by atoms with E-state index in [1.165, 1.54) is 13.2 Å². The smallest absolute Gasteiger partial charge is 0.316 e. The number of nitrogens with one attached hydrogen (secondary N) is 1. The van der Waals surface area contributed by atoms with E-state index in [0.717, 1.165) is 11.8 Å². The van der Waals surface area contributed by atoms with Gasteiger partial charge in [-0.05, 0) is 26.0 Å². The second kappa shape index (κ2) is 8.96. The van der Waals surface area contributed by atoms with Gasteiger partial charge in [-0.1, -0.05) is 11.8 Å². The maximum absolute atomic E-state index is 11.8. The molecule has 2 aromatic heterocycles. The van der Waals surface area contributed by atoms with Gasteiger partial charge < -0.3 is 14.6 Å². The summed E-state index contributed by atoms with van der Waals surface area (Å²) in [6.45, 7) is 3.32. The van der Waals surface area contributed by atoms with Crippen LogP contribution in [0.3, 0.4) is 0 Å². The van der Waals surface area contributed by atoms with E-state index < -0.39 is 24.3 Å². The number of ether oxygens (including phenoxy) is 1. The minimum absolute atomic E-state index is 0.0651. The number of ketones is 1. The van der Waals surface area contributed by atoms with Gasteiger partial charge in [0.05, 0.1) is 18.1 Å². The van der Waals surface area contributed by atoms with Gasteiger partial charge in [0, 0.05) is 12.3 Å². The molecule has 2 rings (SSSR count). The largest absolute Gasteiger partial charge is 0.461 e. The van der Waals surface area contributed by atoms with Gasteiger partial charge >= 0.3 is 5.97 Å². The van der Waals surface area contributed by atoms with Crippen molar-refractivity contribution in [2.24, 2.45) is 5.92 Å². The lowest BCUT2D eigenvalue weighted by Crippen LogP contribution is -2.26. The molecular formula is C16H17N5O4S. The Bertz CT molecular complexity index is 837. The fourth-order valence-electron chi connectivity index (χ4n) is 2.08. The minimum Gasteiger partial charge on any atom is -0.461 e. The van der Waals surface area contributed by atoms with Crippen molar-refractivity contribution < 1.29 is 18.7 Å². The number of nitriles is 1. The number of furan rings is 1. The van der Waals surface area contributed by atoms with Gasteiger partial charge in [-0.2, -0.15) is 5.26 Å². The maximum atomic E-state index is 11.8. The quantitative estimate of drug-likeness (QED) is 0.399. The highest BCUT2D eigenvalue weighted by Crippen LogP contribution is 2.24. The number of thioether (sulfide) groups is 1. The predicted octanol–water partition coefficient (Wildman–Crippen LogP) is 1.94. The lowest BCUT2D eigenvalue weighted by molar-refractivity contribution is -0.145. The lowest BCUT2D eigenvalue weighted by Gasteiger charge is -2.08. The van der Waals surface area contributed by atoms with Crippen LogP contribution in [-0.4, -0.2) is 44.6 Å². The summed E-state index contributed by atoms with van der Waals surface area (Å²) in [4.78, 5) is 23.6. The molecule has 26 heavy (non-hydrogen) atoms. The van der Waals surface area contributed by atoms with Crippen molar-refractivity contribution in [1.82, 2.24) is 14.8 Å². The molecular weight excluding hydrogens is 358 g/mol. The molecule has 1 atom stereocenters. The highest BCUT2D eigenvalue weighted by atomic mass is 32.2. The highest BCUT2D eigenvalue weighted by Gasteiger charge is 2.22. The molecule has 0 unspecified atom stereocenters. The average molecular weight is 375 g/mol. The van der Waals surface area contributed by atoms with E-state index >= 15 is 0 Å². The fraction of sp³-hybridized carbons (Fsp3) is 0.375. The summed E-state index contributed by atoms with van der Waals surface area (Å²) < 4.78 is 12.0. The Balaban J connectivity index is 1.91. The highest BCUT2D eigenvalue weighted by molar-refractivity contribution is 7.99. The normalized spacial score (nSPS) is 11.6. The van der Waals surface area contributed by atoms with Crippen LogP contribution in [-0.2, 0) is 20.9 Å². The number of rotatable bonds is 9. The molecule has 2 aromatic rings. The average Bonchev–Trinajstić information content (AvgIpc) is 3.27. The number of nitrogens with zero attached hydrogens (tertiary/aromatic N) is 4. The Labute approximate surface area is 153 Å². The van der Waals surface area contributed by atoms with Crippen LogP contribution in [0.15, 0.2) is 28.0 Å². The lowest BCUT2D eigenvalue weighted by atomic mass is 10.0. The maximum Gasteiger partial charge on any atom is 0.316 e. The Hall–Kier alpha value is -2.93. The van der Waals surface area contributed by atoms with E-state index in [9.17, 15) is 9.59 Å². The van der Waals surface area contributed by atoms with Crippen LogP contribution in [0.2, 0.25) is 0 Å². The van der Waals surface area contributed by atoms with Crippen molar-refractivity contribution in [2.45, 2.75) is 25.5 Å². The molecule has 0 saturated carbocycles. The zero-order valence-corrected chi connectivity index (χ0v) is 15.1. The van der Waals surface area contributed by atoms with Crippen molar-refractivity contribution >= 4 is 29.2 Å². The predicted molar refractivity (Wildman–Crippen MR) is 92.6 cm³/mol. The number of hydrogen-bond donors (Lipinski definition) is 1. The van der Waals surface area contributed by atoms with Crippen molar-refractivity contribution in [1.29, 1.82) is 10.7 Å². The van der Waals surface area contributed by atoms with Gasteiger partial charge in [0.2, 0.25) is 0 Å². The zero-order chi connectivity index (χ0) is 19.1. The van der Waals surface area contributed by atoms with Gasteiger partial charge in [0.25, 0.3) is 0 Å². The molecule has 2 heterocycles. The second-order valence-corrected chi connectivity index (χ2v) is 6.13. The molecule has 0 saturated heterocycles. The molecule has 0 aromatic carbocycles. The van der Waals surface area contributed by atoms with E-state index in [1.54, 1.807) is 22.8 Å². The molecule has 0 radical (unpaired) electrons. The Morgan fingerprint density at radius 2 is 2.27 bits per heavy atom. The van der Waals surface area contributed by atoms with Crippen molar-refractivity contribution in [3.05, 3.63) is 18.4 Å². The van der Waals surface area contributed by atoms with Crippen LogP contribution in [0.5, 0.6) is 0 Å². The first-order valence-electron chi connectivity index (χ1n) is 7.70. The Morgan fingerprint density at radius 3 is 2.85 bits per heavy atom. The van der Waals surface area contributed by atoms with E-state index in [-0.39, 0.29) is 11.5 Å². The Morgan fingerprint density at radius 1 is 1.50 bits per heavy atom. The number of carbonyl (C=O) groups is 2. The van der Waals surface area contributed by atoms with Crippen LogP contribution in [0.1, 0.15) is 13.8 Å². The SMILES string of the molecule is CCn1c(SCC(=O)OCC(=O)[C@H](C#N)C(C)=N)nnc1-c1ccco1. The van der Waals surface area contributed by atoms with Crippen molar-refractivity contribution in [3.63, 3.8) is 0 Å². The molecule has 0 bridgehead atoms. The van der Waals surface area contributed by atoms with Crippen LogP contribution in [0.4, 0.5) is 0 Å². The summed E-state index contributed by atoms with van der Waals surface area (Å²) in [5, 5.41) is 24.8. The third kappa shape index (κ3) is 4.58. The van der Waals surface area contributed by atoms with Gasteiger partial charge in [0.1, 0.15) is 5.92 Å². The Kier molecular flexibility index (Phi) is 6.68. The van der Waals surface area contributed by atoms with E-state index in [2.05, 4.69) is 10.2 Å². The summed E-state index contributed by atoms with van der Waals surface area (Å²) in [7, 11) is 0. The van der Waals surface area contributed by atoms with Crippen LogP contribution >= 0.6 is 11.8 Å². The number of esters is 1. The van der Waals surface area contributed by atoms with E-state index in [1.807, 2.05) is 6.92 Å². The van der Waals surface area contributed by atoms with E-state index in [4.69, 9.17) is 19.8 Å². The molecule has 9 nitrogen and oxygen atoms in total. The molecule has 0 amide bonds. The van der Waals surface area contributed by atoms with Crippen molar-refractivity contribution in [3.8, 4) is 17.7 Å². The topological polar surface area (TPSA) is 135 Å². The number of Topliss-reactive ketones (excluding diaryl/α,β-unsaturated/α-hetero) is 1. The van der Waals surface area contributed by atoms with Gasteiger partial charge in [0.15, 0.2) is 29.1 Å². The monoisotopic (exact) mass is 375 g/mol. The standard InChI is InChI=1S/C16H17N5O4S/c1-3-21-15(13-5-4-6-24-13)19-20-16(21)26-9-14(23)25-8-12(22)11(7-17)10(2)18/h4-6,11,18H,3,8-9H2,1-2H3/t11-/m1/s1. The summed E-state index contributed by atoms with van der Waals surface area (Å²) in [6.07, 6.45) is 1.54. The zero-order valence-electron chi connectivity index (χ0n) is 14.3. The molecule has 0 aliphatic carbocycles. The summed E-state index contributed by atoms with van der Waals surface area (Å²) in [5.41, 5.74) is -0.0792. The molecule has 0 aliphatic heterocycles. The third-order valence-corrected chi connectivity index (χ3v) is 4.29. The fourth-order valence-corrected chi connectivity index (χ4v) is 2.88. The first kappa shape index (κ1) is 19.4. The second-order valence-electron chi connectivity index (χ2n) is 5.19. The molecule has 0 aliphatic rings. The third-order valence-electron chi connectivity index (χ3n) is 3.35. The molecule has 10 heteroatoms. The number of hydrogen-bond acceptors (Lipinski definition) is 9. The van der Waals surface area contributed by atoms with Gasteiger partial charge in [-0.3, -0.25) is 14.2 Å². The summed E-state index contributed by atoms with van der Waals surface area (Å²) >= 11 is 1.12.